The fraction of sp³-hybridized carbons (Fsp3) is 0.458. The standard InChI is InChI=1S/C24H31ClN6O3/c1-15-22(17-11-27-28-12-17)29-23(30-24(15)31(3)19-4-6-33-7-5-19)16-8-18(25)10-21(9-16)34-14-20(32)13-26-2/h8-12,19-20,26,32H,4-7,13-14H2,1-3H3,(H,27,28). The summed E-state index contributed by atoms with van der Waals surface area (Å²) in [5, 5.41) is 20.4. The Bertz CT molecular complexity index is 1090. The maximum atomic E-state index is 9.99. The highest BCUT2D eigenvalue weighted by Crippen LogP contribution is 2.34. The number of ether oxygens (including phenoxy) is 2. The summed E-state index contributed by atoms with van der Waals surface area (Å²) in [7, 11) is 3.85. The van der Waals surface area contributed by atoms with Crippen LogP contribution in [0.15, 0.2) is 30.6 Å². The summed E-state index contributed by atoms with van der Waals surface area (Å²) in [6.45, 7) is 4.11. The van der Waals surface area contributed by atoms with Crippen molar-refractivity contribution in [1.82, 2.24) is 25.5 Å². The van der Waals surface area contributed by atoms with Gasteiger partial charge in [-0.15, -0.1) is 0 Å². The first-order valence-electron chi connectivity index (χ1n) is 11.4. The van der Waals surface area contributed by atoms with E-state index in [0.29, 0.717) is 29.2 Å². The molecule has 2 aromatic heterocycles. The number of H-pyrrole nitrogens is 1. The number of nitrogens with one attached hydrogen (secondary N) is 2. The maximum Gasteiger partial charge on any atom is 0.162 e. The summed E-state index contributed by atoms with van der Waals surface area (Å²) in [6, 6.07) is 5.72. The van der Waals surface area contributed by atoms with Gasteiger partial charge in [0.15, 0.2) is 5.82 Å². The molecule has 1 atom stereocenters. The summed E-state index contributed by atoms with van der Waals surface area (Å²) in [6.07, 6.45) is 4.84. The summed E-state index contributed by atoms with van der Waals surface area (Å²) < 4.78 is 11.3. The van der Waals surface area contributed by atoms with Gasteiger partial charge in [-0.25, -0.2) is 9.97 Å². The van der Waals surface area contributed by atoms with Crippen LogP contribution in [0, 0.1) is 6.92 Å². The molecule has 0 radical (unpaired) electrons. The lowest BCUT2D eigenvalue weighted by molar-refractivity contribution is 0.0853. The van der Waals surface area contributed by atoms with Gasteiger partial charge in [0.05, 0.1) is 11.9 Å². The SMILES string of the molecule is CNCC(O)COc1cc(Cl)cc(-c2nc(-c3cn[nH]c3)c(C)c(N(C)C3CCOCC3)n2)c1. The topological polar surface area (TPSA) is 108 Å². The molecule has 1 aromatic carbocycles. The molecule has 3 N–H and O–H groups in total. The number of aliphatic hydroxyl groups excluding tert-OH is 1. The normalized spacial score (nSPS) is 15.3. The lowest BCUT2D eigenvalue weighted by atomic mass is 10.1. The Morgan fingerprint density at radius 2 is 2.06 bits per heavy atom. The Morgan fingerprint density at radius 3 is 2.76 bits per heavy atom. The van der Waals surface area contributed by atoms with Crippen LogP contribution in [-0.2, 0) is 4.74 Å². The number of aromatic amines is 1. The number of aliphatic hydroxyl groups is 1. The first kappa shape index (κ1) is 24.4. The Hall–Kier alpha value is -2.72. The number of hydrogen-bond donors (Lipinski definition) is 3. The van der Waals surface area contributed by atoms with Gasteiger partial charge >= 0.3 is 0 Å². The van der Waals surface area contributed by atoms with E-state index in [1.807, 2.05) is 25.3 Å². The minimum Gasteiger partial charge on any atom is -0.491 e. The second kappa shape index (κ2) is 11.1. The fourth-order valence-electron chi connectivity index (χ4n) is 4.15. The van der Waals surface area contributed by atoms with Crippen molar-refractivity contribution in [2.75, 3.05) is 45.4 Å². The number of benzene rings is 1. The Morgan fingerprint density at radius 1 is 1.26 bits per heavy atom. The summed E-state index contributed by atoms with van der Waals surface area (Å²) in [4.78, 5) is 12.1. The summed E-state index contributed by atoms with van der Waals surface area (Å²) in [5.74, 6) is 1.95. The third-order valence-corrected chi connectivity index (χ3v) is 6.19. The Balaban J connectivity index is 1.73. The van der Waals surface area contributed by atoms with Crippen LogP contribution in [0.4, 0.5) is 5.82 Å². The molecule has 1 aliphatic heterocycles. The highest BCUT2D eigenvalue weighted by atomic mass is 35.5. The van der Waals surface area contributed by atoms with E-state index < -0.39 is 6.10 Å². The van der Waals surface area contributed by atoms with Crippen LogP contribution in [0.1, 0.15) is 18.4 Å². The van der Waals surface area contributed by atoms with E-state index in [1.165, 1.54) is 0 Å². The minimum atomic E-state index is -0.629. The van der Waals surface area contributed by atoms with Crippen molar-refractivity contribution < 1.29 is 14.6 Å². The van der Waals surface area contributed by atoms with Crippen LogP contribution in [-0.4, -0.2) is 77.9 Å². The zero-order valence-corrected chi connectivity index (χ0v) is 20.5. The molecule has 0 amide bonds. The molecule has 9 nitrogen and oxygen atoms in total. The Kier molecular flexibility index (Phi) is 7.99. The molecule has 0 bridgehead atoms. The smallest absolute Gasteiger partial charge is 0.162 e. The van der Waals surface area contributed by atoms with Crippen molar-refractivity contribution >= 4 is 17.4 Å². The lowest BCUT2D eigenvalue weighted by Crippen LogP contribution is -2.37. The summed E-state index contributed by atoms with van der Waals surface area (Å²) in [5.41, 5.74) is 3.40. The maximum absolute atomic E-state index is 9.99. The largest absolute Gasteiger partial charge is 0.491 e. The molecule has 3 heterocycles. The van der Waals surface area contributed by atoms with Crippen LogP contribution < -0.4 is 15.0 Å². The van der Waals surface area contributed by atoms with Crippen LogP contribution >= 0.6 is 11.6 Å². The van der Waals surface area contributed by atoms with Gasteiger partial charge < -0.3 is 24.8 Å². The van der Waals surface area contributed by atoms with Crippen molar-refractivity contribution in [2.24, 2.45) is 0 Å². The number of halogens is 1. The molecule has 3 aromatic rings. The average molecular weight is 487 g/mol. The number of aromatic nitrogens is 4. The molecular formula is C24H31ClN6O3. The molecule has 4 rings (SSSR count). The molecule has 10 heteroatoms. The fourth-order valence-corrected chi connectivity index (χ4v) is 4.37. The molecule has 1 fully saturated rings. The third kappa shape index (κ3) is 5.67. The van der Waals surface area contributed by atoms with Crippen LogP contribution in [0.5, 0.6) is 5.75 Å². The van der Waals surface area contributed by atoms with Crippen LogP contribution in [0.3, 0.4) is 0 Å². The minimum absolute atomic E-state index is 0.146. The van der Waals surface area contributed by atoms with E-state index in [1.54, 1.807) is 19.3 Å². The van der Waals surface area contributed by atoms with Crippen LogP contribution in [0.25, 0.3) is 22.6 Å². The quantitative estimate of drug-likeness (QED) is 0.423. The number of nitrogens with zero attached hydrogens (tertiary/aromatic N) is 4. The first-order valence-corrected chi connectivity index (χ1v) is 11.8. The Labute approximate surface area is 204 Å². The average Bonchev–Trinajstić information content (AvgIpc) is 3.38. The van der Waals surface area contributed by atoms with Gasteiger partial charge in [-0.05, 0) is 45.0 Å². The van der Waals surface area contributed by atoms with Gasteiger partial charge in [0, 0.05) is 60.8 Å². The van der Waals surface area contributed by atoms with E-state index in [0.717, 1.165) is 54.3 Å². The van der Waals surface area contributed by atoms with Gasteiger partial charge in [0.25, 0.3) is 0 Å². The number of hydrogen-bond acceptors (Lipinski definition) is 8. The number of rotatable bonds is 9. The second-order valence-corrected chi connectivity index (χ2v) is 8.92. The van der Waals surface area contributed by atoms with Crippen molar-refractivity contribution in [2.45, 2.75) is 31.9 Å². The van der Waals surface area contributed by atoms with E-state index in [-0.39, 0.29) is 6.61 Å². The van der Waals surface area contributed by atoms with E-state index >= 15 is 0 Å². The van der Waals surface area contributed by atoms with Gasteiger partial charge in [0.2, 0.25) is 0 Å². The van der Waals surface area contributed by atoms with E-state index in [4.69, 9.17) is 31.0 Å². The lowest BCUT2D eigenvalue weighted by Gasteiger charge is -2.33. The zero-order valence-electron chi connectivity index (χ0n) is 19.7. The highest BCUT2D eigenvalue weighted by Gasteiger charge is 2.24. The predicted octanol–water partition coefficient (Wildman–Crippen LogP) is 3.07. The molecule has 0 saturated carbocycles. The first-order chi connectivity index (χ1) is 16.5. The molecule has 34 heavy (non-hydrogen) atoms. The predicted molar refractivity (Wildman–Crippen MR) is 132 cm³/mol. The highest BCUT2D eigenvalue weighted by molar-refractivity contribution is 6.31. The van der Waals surface area contributed by atoms with Gasteiger partial charge in [0.1, 0.15) is 24.3 Å². The third-order valence-electron chi connectivity index (χ3n) is 5.98. The van der Waals surface area contributed by atoms with Crippen molar-refractivity contribution in [1.29, 1.82) is 0 Å². The van der Waals surface area contributed by atoms with E-state index in [2.05, 4.69) is 27.5 Å². The van der Waals surface area contributed by atoms with Gasteiger partial charge in [-0.2, -0.15) is 5.10 Å². The number of likely N-dealkylation sites (N-methyl/N-ethyl adjacent to an activating group) is 1. The van der Waals surface area contributed by atoms with Crippen LogP contribution in [0.2, 0.25) is 5.02 Å². The second-order valence-electron chi connectivity index (χ2n) is 8.48. The monoisotopic (exact) mass is 486 g/mol. The number of anilines is 1. The zero-order chi connectivity index (χ0) is 24.1. The van der Waals surface area contributed by atoms with Crippen molar-refractivity contribution in [3.63, 3.8) is 0 Å². The molecular weight excluding hydrogens is 456 g/mol. The molecule has 0 spiro atoms. The molecule has 1 aliphatic rings. The summed E-state index contributed by atoms with van der Waals surface area (Å²) >= 11 is 6.42. The molecule has 0 aliphatic carbocycles. The molecule has 1 unspecified atom stereocenters. The van der Waals surface area contributed by atoms with Crippen molar-refractivity contribution in [3.8, 4) is 28.4 Å². The van der Waals surface area contributed by atoms with Gasteiger partial charge in [-0.1, -0.05) is 11.6 Å². The van der Waals surface area contributed by atoms with E-state index in [9.17, 15) is 5.11 Å². The van der Waals surface area contributed by atoms with Crippen molar-refractivity contribution in [3.05, 3.63) is 41.2 Å². The van der Waals surface area contributed by atoms with Gasteiger partial charge in [-0.3, -0.25) is 5.10 Å². The molecule has 1 saturated heterocycles. The molecule has 182 valence electrons.